The lowest BCUT2D eigenvalue weighted by molar-refractivity contribution is -0.155. The van der Waals surface area contributed by atoms with Gasteiger partial charge in [-0.05, 0) is 23.7 Å². The molecule has 12 rings (SSSR count). The summed E-state index contributed by atoms with van der Waals surface area (Å²) in [4.78, 5) is 27.4. The van der Waals surface area contributed by atoms with Crippen molar-refractivity contribution in [2.45, 2.75) is 28.5 Å². The van der Waals surface area contributed by atoms with E-state index in [4.69, 9.17) is 14.2 Å². The summed E-state index contributed by atoms with van der Waals surface area (Å²) in [7, 11) is 0. The van der Waals surface area contributed by atoms with Gasteiger partial charge in [0, 0.05) is 35.5 Å². The first kappa shape index (κ1) is 12.3. The van der Waals surface area contributed by atoms with Crippen LogP contribution in [0.15, 0.2) is 0 Å². The summed E-state index contributed by atoms with van der Waals surface area (Å²) in [5, 5.41) is 10.4. The third-order valence-electron chi connectivity index (χ3n) is 13.4. The molecule has 138 valence electrons. The van der Waals surface area contributed by atoms with Gasteiger partial charge in [0.25, 0.3) is 0 Å². The molecule has 2 spiro atoms. The highest BCUT2D eigenvalue weighted by Gasteiger charge is 3.14. The van der Waals surface area contributed by atoms with Crippen molar-refractivity contribution >= 4 is 11.8 Å². The number of Topliss-reactive ketones (excluding diaryl/α,β-unsaturated/α-hetero) is 1. The molecule has 6 nitrogen and oxygen atoms in total. The summed E-state index contributed by atoms with van der Waals surface area (Å²) in [5.41, 5.74) is -1.56. The minimum atomic E-state index is -0.441. The maximum Gasteiger partial charge on any atom is 0.310 e. The summed E-state index contributed by atoms with van der Waals surface area (Å²) in [6, 6.07) is 2.73. The number of ether oxygens (including phenoxy) is 3. The van der Waals surface area contributed by atoms with Crippen molar-refractivity contribution in [2.75, 3.05) is 0 Å². The lowest BCUT2D eigenvalue weighted by atomic mass is 9.63. The number of fused-ring (bicyclic) bond motifs is 1. The summed E-state index contributed by atoms with van der Waals surface area (Å²) in [6.07, 6.45) is -0.109. The van der Waals surface area contributed by atoms with Crippen LogP contribution in [0.3, 0.4) is 0 Å². The van der Waals surface area contributed by atoms with Crippen LogP contribution in [-0.2, 0) is 23.8 Å². The average molecular weight is 373 g/mol. The predicted molar refractivity (Wildman–Crippen MR) is 82.5 cm³/mol. The van der Waals surface area contributed by atoms with E-state index < -0.39 is 11.2 Å². The fourth-order valence-electron chi connectivity index (χ4n) is 14.4. The van der Waals surface area contributed by atoms with Gasteiger partial charge in [-0.25, -0.2) is 0 Å². The third kappa shape index (κ3) is 0.570. The zero-order valence-corrected chi connectivity index (χ0v) is 14.6. The molecule has 8 aliphatic carbocycles. The predicted octanol–water partition coefficient (Wildman–Crippen LogP) is -0.231. The van der Waals surface area contributed by atoms with Gasteiger partial charge in [0.05, 0.1) is 29.7 Å². The zero-order chi connectivity index (χ0) is 17.6. The van der Waals surface area contributed by atoms with Gasteiger partial charge in [-0.1, -0.05) is 0 Å². The van der Waals surface area contributed by atoms with Crippen molar-refractivity contribution in [1.29, 1.82) is 5.26 Å². The van der Waals surface area contributed by atoms with Crippen LogP contribution in [0.4, 0.5) is 0 Å². The van der Waals surface area contributed by atoms with Crippen LogP contribution in [-0.4, -0.2) is 40.3 Å². The number of epoxide rings is 2. The van der Waals surface area contributed by atoms with Crippen molar-refractivity contribution in [1.82, 2.24) is 0 Å². The number of hydrogen-bond donors (Lipinski definition) is 0. The van der Waals surface area contributed by atoms with Gasteiger partial charge >= 0.3 is 5.97 Å². The SMILES string of the molecule is N#CC1C2C3C4C1C15OC16C1C7OC(=O)C(C3C38OC23C2C(=O)C5C1C2C78)C46. The van der Waals surface area contributed by atoms with E-state index in [2.05, 4.69) is 6.07 Å². The van der Waals surface area contributed by atoms with E-state index in [0.717, 1.165) is 0 Å². The quantitative estimate of drug-likeness (QED) is 0.430. The molecule has 0 amide bonds. The van der Waals surface area contributed by atoms with E-state index in [-0.39, 0.29) is 82.5 Å². The molecule has 16 unspecified atom stereocenters. The molecule has 12 aliphatic rings. The van der Waals surface area contributed by atoms with E-state index in [0.29, 0.717) is 29.5 Å². The molecular weight excluding hydrogens is 358 g/mol. The maximum atomic E-state index is 14.0. The maximum absolute atomic E-state index is 14.0. The fraction of sp³-hybridized carbons (Fsp3) is 0.864. The van der Waals surface area contributed by atoms with Crippen LogP contribution >= 0.6 is 0 Å². The standard InChI is InChI=1S/C22H15NO5/c23-1-2-8-3-4-9(2)20-13-6-5-12(16(13)24)19(8)21(27-19)10(3)7-11(4)22(20,28-20)15(6)17(14(5)21)26-18(7)25/h2-15,17H. The summed E-state index contributed by atoms with van der Waals surface area (Å²) in [5.74, 6) is 2.51. The molecule has 2 bridgehead atoms. The minimum absolute atomic E-state index is 0.00459. The molecule has 0 aromatic rings. The highest BCUT2D eigenvalue weighted by Crippen LogP contribution is 3.03. The number of ketones is 1. The molecular formula is C22H15NO5. The first-order valence-corrected chi connectivity index (χ1v) is 11.2. The van der Waals surface area contributed by atoms with Gasteiger partial charge in [0.1, 0.15) is 34.3 Å². The monoisotopic (exact) mass is 373 g/mol. The Hall–Kier alpha value is -1.45. The Kier molecular flexibility index (Phi) is 1.12. The lowest BCUT2D eigenvalue weighted by Gasteiger charge is -2.34. The minimum Gasteiger partial charge on any atom is -0.461 e. The highest BCUT2D eigenvalue weighted by molar-refractivity contribution is 5.96. The van der Waals surface area contributed by atoms with Gasteiger partial charge in [0.2, 0.25) is 0 Å². The molecule has 0 aromatic heterocycles. The second-order valence-corrected chi connectivity index (χ2v) is 12.3. The van der Waals surface area contributed by atoms with Gasteiger partial charge in [-0.3, -0.25) is 9.59 Å². The number of rotatable bonds is 0. The van der Waals surface area contributed by atoms with Gasteiger partial charge in [0.15, 0.2) is 0 Å². The highest BCUT2D eigenvalue weighted by atomic mass is 16.7. The number of hydrogen-bond acceptors (Lipinski definition) is 6. The second kappa shape index (κ2) is 2.56. The van der Waals surface area contributed by atoms with Gasteiger partial charge < -0.3 is 14.2 Å². The van der Waals surface area contributed by atoms with E-state index >= 15 is 0 Å². The first-order chi connectivity index (χ1) is 13.6. The molecule has 0 aromatic carbocycles. The lowest BCUT2D eigenvalue weighted by Crippen LogP contribution is -2.50. The van der Waals surface area contributed by atoms with Crippen LogP contribution in [0.25, 0.3) is 0 Å². The Morgan fingerprint density at radius 1 is 0.750 bits per heavy atom. The van der Waals surface area contributed by atoms with Crippen molar-refractivity contribution < 1.29 is 23.8 Å². The molecule has 0 radical (unpaired) electrons. The molecule has 0 N–H and O–H groups in total. The Morgan fingerprint density at radius 3 is 1.86 bits per heavy atom. The number of nitriles is 1. The van der Waals surface area contributed by atoms with Crippen molar-refractivity contribution in [3.63, 3.8) is 0 Å². The van der Waals surface area contributed by atoms with E-state index in [1.54, 1.807) is 0 Å². The Morgan fingerprint density at radius 2 is 1.32 bits per heavy atom. The summed E-state index contributed by atoms with van der Waals surface area (Å²) < 4.78 is 20.0. The van der Waals surface area contributed by atoms with Crippen LogP contribution in [0.2, 0.25) is 0 Å². The largest absolute Gasteiger partial charge is 0.461 e. The molecule has 16 atom stereocenters. The summed E-state index contributed by atoms with van der Waals surface area (Å²) in [6.45, 7) is 0. The van der Waals surface area contributed by atoms with Crippen molar-refractivity contribution in [2.24, 2.45) is 82.9 Å². The fourth-order valence-corrected chi connectivity index (χ4v) is 14.4. The molecule has 12 fully saturated rings. The van der Waals surface area contributed by atoms with Gasteiger partial charge in [-0.15, -0.1) is 0 Å². The second-order valence-electron chi connectivity index (χ2n) is 12.3. The first-order valence-electron chi connectivity index (χ1n) is 11.2. The van der Waals surface area contributed by atoms with Crippen molar-refractivity contribution in [3.8, 4) is 6.07 Å². The normalized spacial score (nSPS) is 90.5. The number of carbonyl (C=O) groups excluding carboxylic acids is 2. The van der Waals surface area contributed by atoms with Crippen LogP contribution in [0.1, 0.15) is 0 Å². The average Bonchev–Trinajstić information content (AvgIpc) is 3.01. The van der Waals surface area contributed by atoms with Crippen LogP contribution < -0.4 is 0 Å². The zero-order valence-electron chi connectivity index (χ0n) is 14.6. The topological polar surface area (TPSA) is 92.2 Å². The van der Waals surface area contributed by atoms with Gasteiger partial charge in [-0.2, -0.15) is 5.26 Å². The molecule has 4 saturated heterocycles. The number of esters is 1. The molecule has 6 heteroatoms. The van der Waals surface area contributed by atoms with Crippen LogP contribution in [0, 0.1) is 94.2 Å². The Labute approximate surface area is 158 Å². The third-order valence-corrected chi connectivity index (χ3v) is 13.4. The van der Waals surface area contributed by atoms with E-state index in [9.17, 15) is 14.9 Å². The van der Waals surface area contributed by atoms with Crippen LogP contribution in [0.5, 0.6) is 0 Å². The van der Waals surface area contributed by atoms with E-state index in [1.165, 1.54) is 0 Å². The Bertz CT molecular complexity index is 1100. The Balaban J connectivity index is 1.40. The number of nitrogens with zero attached hydrogens (tertiary/aromatic N) is 1. The number of carbonyl (C=O) groups is 2. The summed E-state index contributed by atoms with van der Waals surface area (Å²) >= 11 is 0. The van der Waals surface area contributed by atoms with E-state index in [1.807, 2.05) is 0 Å². The molecule has 28 heavy (non-hydrogen) atoms. The van der Waals surface area contributed by atoms with Crippen molar-refractivity contribution in [3.05, 3.63) is 0 Å². The molecule has 4 heterocycles. The molecule has 8 saturated carbocycles. The smallest absolute Gasteiger partial charge is 0.310 e. The molecule has 4 aliphatic heterocycles.